The van der Waals surface area contributed by atoms with E-state index in [1.807, 2.05) is 24.3 Å². The Hall–Kier alpha value is -7.30. The highest BCUT2D eigenvalue weighted by Gasteiger charge is 2.20. The maximum absolute atomic E-state index is 6.63. The standard InChI is InChI=1S/C50H31N3O/c1-3-11-32(12-4-1)35-19-20-37-30-39(22-21-36(37)29-35)47-49-48(52-50(51-47)34-13-5-2-6-14-34)43-31-38(25-28-46(43)54-49)33-23-26-40(27-24-33)53-44-17-9-7-15-41(44)42-16-8-10-18-45(42)53/h1-31H. The first-order valence-electron chi connectivity index (χ1n) is 18.2. The van der Waals surface area contributed by atoms with Crippen molar-refractivity contribution < 1.29 is 4.42 Å². The Morgan fingerprint density at radius 3 is 1.63 bits per heavy atom. The first kappa shape index (κ1) is 30.3. The molecule has 11 rings (SSSR count). The summed E-state index contributed by atoms with van der Waals surface area (Å²) < 4.78 is 8.98. The maximum atomic E-state index is 6.63. The van der Waals surface area contributed by atoms with E-state index in [2.05, 4.69) is 168 Å². The van der Waals surface area contributed by atoms with Gasteiger partial charge in [-0.05, 0) is 81.6 Å². The summed E-state index contributed by atoms with van der Waals surface area (Å²) in [5.74, 6) is 0.668. The van der Waals surface area contributed by atoms with Crippen LogP contribution in [0.5, 0.6) is 0 Å². The van der Waals surface area contributed by atoms with Crippen molar-refractivity contribution >= 4 is 54.6 Å². The molecule has 0 radical (unpaired) electrons. The van der Waals surface area contributed by atoms with Gasteiger partial charge in [0.2, 0.25) is 0 Å². The molecular weight excluding hydrogens is 659 g/mol. The number of furan rings is 1. The molecule has 0 unspecified atom stereocenters. The van der Waals surface area contributed by atoms with Crippen molar-refractivity contribution in [3.05, 3.63) is 188 Å². The van der Waals surface area contributed by atoms with Crippen LogP contribution in [-0.4, -0.2) is 14.5 Å². The summed E-state index contributed by atoms with van der Waals surface area (Å²) in [6.07, 6.45) is 0. The molecule has 0 bridgehead atoms. The number of aromatic nitrogens is 3. The smallest absolute Gasteiger partial charge is 0.180 e. The van der Waals surface area contributed by atoms with Crippen LogP contribution in [0.15, 0.2) is 192 Å². The molecular formula is C50H31N3O. The van der Waals surface area contributed by atoms with Crippen molar-refractivity contribution in [1.29, 1.82) is 0 Å². The lowest BCUT2D eigenvalue weighted by Gasteiger charge is -2.09. The zero-order valence-corrected chi connectivity index (χ0v) is 29.1. The second-order valence-electron chi connectivity index (χ2n) is 13.8. The molecule has 0 saturated heterocycles. The monoisotopic (exact) mass is 689 g/mol. The minimum Gasteiger partial charge on any atom is -0.452 e. The summed E-state index contributed by atoms with van der Waals surface area (Å²) >= 11 is 0. The molecule has 252 valence electrons. The molecule has 3 heterocycles. The van der Waals surface area contributed by atoms with E-state index in [4.69, 9.17) is 14.4 Å². The van der Waals surface area contributed by atoms with Crippen molar-refractivity contribution in [2.75, 3.05) is 0 Å². The van der Waals surface area contributed by atoms with E-state index in [1.54, 1.807) is 0 Å². The fourth-order valence-corrected chi connectivity index (χ4v) is 7.94. The van der Waals surface area contributed by atoms with E-state index in [1.165, 1.54) is 38.3 Å². The molecule has 4 heteroatoms. The Labute approximate surface area is 311 Å². The molecule has 0 fully saturated rings. The lowest BCUT2D eigenvalue weighted by molar-refractivity contribution is 0.667. The third kappa shape index (κ3) is 4.92. The molecule has 3 aromatic heterocycles. The van der Waals surface area contributed by atoms with Gasteiger partial charge in [0.1, 0.15) is 16.8 Å². The summed E-state index contributed by atoms with van der Waals surface area (Å²) in [4.78, 5) is 10.3. The van der Waals surface area contributed by atoms with Gasteiger partial charge in [0.05, 0.1) is 11.0 Å². The van der Waals surface area contributed by atoms with Crippen LogP contribution in [0.25, 0.3) is 105 Å². The van der Waals surface area contributed by atoms with Gasteiger partial charge in [0.25, 0.3) is 0 Å². The van der Waals surface area contributed by atoms with E-state index in [-0.39, 0.29) is 0 Å². The number of rotatable bonds is 5. The normalized spacial score (nSPS) is 11.7. The van der Waals surface area contributed by atoms with Crippen LogP contribution in [-0.2, 0) is 0 Å². The van der Waals surface area contributed by atoms with Gasteiger partial charge in [-0.25, -0.2) is 9.97 Å². The third-order valence-corrected chi connectivity index (χ3v) is 10.6. The zero-order valence-electron chi connectivity index (χ0n) is 29.1. The van der Waals surface area contributed by atoms with Crippen molar-refractivity contribution in [1.82, 2.24) is 14.5 Å². The molecule has 0 saturated carbocycles. The highest BCUT2D eigenvalue weighted by molar-refractivity contribution is 6.10. The molecule has 0 N–H and O–H groups in total. The SMILES string of the molecule is c1ccc(-c2ccc3cc(-c4nc(-c5ccccc5)nc5c4oc4ccc(-c6ccc(-n7c8ccccc8c8ccccc87)cc6)cc45)ccc3c2)cc1. The molecule has 0 amide bonds. The van der Waals surface area contributed by atoms with Crippen LogP contribution >= 0.6 is 0 Å². The number of para-hydroxylation sites is 2. The summed E-state index contributed by atoms with van der Waals surface area (Å²) in [5.41, 5.74) is 13.1. The van der Waals surface area contributed by atoms with Gasteiger partial charge in [-0.15, -0.1) is 0 Å². The first-order valence-corrected chi connectivity index (χ1v) is 18.2. The number of benzene rings is 8. The van der Waals surface area contributed by atoms with E-state index in [9.17, 15) is 0 Å². The van der Waals surface area contributed by atoms with E-state index < -0.39 is 0 Å². The predicted molar refractivity (Wildman–Crippen MR) is 223 cm³/mol. The van der Waals surface area contributed by atoms with Gasteiger partial charge in [0, 0.05) is 33.0 Å². The Balaban J connectivity index is 1.03. The third-order valence-electron chi connectivity index (χ3n) is 10.6. The van der Waals surface area contributed by atoms with Gasteiger partial charge < -0.3 is 8.98 Å². The van der Waals surface area contributed by atoms with Gasteiger partial charge in [-0.1, -0.05) is 140 Å². The zero-order chi connectivity index (χ0) is 35.6. The number of fused-ring (bicyclic) bond motifs is 7. The van der Waals surface area contributed by atoms with Gasteiger partial charge in [0.15, 0.2) is 11.4 Å². The fourth-order valence-electron chi connectivity index (χ4n) is 7.94. The van der Waals surface area contributed by atoms with Gasteiger partial charge in [-0.2, -0.15) is 0 Å². The predicted octanol–water partition coefficient (Wildman–Crippen LogP) is 13.3. The largest absolute Gasteiger partial charge is 0.452 e. The maximum Gasteiger partial charge on any atom is 0.180 e. The van der Waals surface area contributed by atoms with Crippen LogP contribution in [0, 0.1) is 0 Å². The Morgan fingerprint density at radius 1 is 0.389 bits per heavy atom. The topological polar surface area (TPSA) is 43.9 Å². The minimum absolute atomic E-state index is 0.668. The second-order valence-corrected chi connectivity index (χ2v) is 13.8. The van der Waals surface area contributed by atoms with Crippen molar-refractivity contribution in [2.24, 2.45) is 0 Å². The average molecular weight is 690 g/mol. The van der Waals surface area contributed by atoms with Crippen molar-refractivity contribution in [2.45, 2.75) is 0 Å². The highest BCUT2D eigenvalue weighted by Crippen LogP contribution is 2.39. The van der Waals surface area contributed by atoms with Gasteiger partial charge >= 0.3 is 0 Å². The van der Waals surface area contributed by atoms with Crippen molar-refractivity contribution in [3.63, 3.8) is 0 Å². The van der Waals surface area contributed by atoms with E-state index in [0.29, 0.717) is 11.4 Å². The Bertz CT molecular complexity index is 3140. The highest BCUT2D eigenvalue weighted by atomic mass is 16.3. The Morgan fingerprint density at radius 2 is 0.926 bits per heavy atom. The number of hydrogen-bond acceptors (Lipinski definition) is 3. The molecule has 0 atom stereocenters. The summed E-state index contributed by atoms with van der Waals surface area (Å²) in [5, 5.41) is 5.79. The minimum atomic E-state index is 0.668. The number of nitrogens with zero attached hydrogens (tertiary/aromatic N) is 3. The fraction of sp³-hybridized carbons (Fsp3) is 0. The van der Waals surface area contributed by atoms with E-state index in [0.717, 1.165) is 55.5 Å². The first-order chi connectivity index (χ1) is 26.7. The summed E-state index contributed by atoms with van der Waals surface area (Å²) in [7, 11) is 0. The van der Waals surface area contributed by atoms with E-state index >= 15 is 0 Å². The molecule has 0 spiro atoms. The van der Waals surface area contributed by atoms with Gasteiger partial charge in [-0.3, -0.25) is 0 Å². The Kier molecular flexibility index (Phi) is 6.82. The molecule has 8 aromatic carbocycles. The quantitative estimate of drug-likeness (QED) is 0.181. The lowest BCUT2D eigenvalue weighted by atomic mass is 9.99. The van der Waals surface area contributed by atoms with Crippen LogP contribution in [0.1, 0.15) is 0 Å². The second kappa shape index (κ2) is 12.1. The number of hydrogen-bond donors (Lipinski definition) is 0. The molecule has 0 aliphatic heterocycles. The lowest BCUT2D eigenvalue weighted by Crippen LogP contribution is -1.94. The molecule has 4 nitrogen and oxygen atoms in total. The average Bonchev–Trinajstić information content (AvgIpc) is 3.79. The van der Waals surface area contributed by atoms with Crippen LogP contribution < -0.4 is 0 Å². The van der Waals surface area contributed by atoms with Crippen LogP contribution in [0.3, 0.4) is 0 Å². The van der Waals surface area contributed by atoms with Crippen LogP contribution in [0.2, 0.25) is 0 Å². The van der Waals surface area contributed by atoms with Crippen molar-refractivity contribution in [3.8, 4) is 50.6 Å². The van der Waals surface area contributed by atoms with Crippen LogP contribution in [0.4, 0.5) is 0 Å². The molecule has 0 aliphatic rings. The summed E-state index contributed by atoms with van der Waals surface area (Å²) in [6.45, 7) is 0. The molecule has 54 heavy (non-hydrogen) atoms. The molecule has 11 aromatic rings. The molecule has 0 aliphatic carbocycles. The summed E-state index contributed by atoms with van der Waals surface area (Å²) in [6, 6.07) is 66.3.